The molecular formula is C28H26ClF2N5. The van der Waals surface area contributed by atoms with E-state index in [2.05, 4.69) is 20.0 Å². The first-order valence-electron chi connectivity index (χ1n) is 11.8. The molecule has 0 saturated heterocycles. The second-order valence-corrected chi connectivity index (χ2v) is 9.44. The highest BCUT2D eigenvalue weighted by atomic mass is 35.5. The van der Waals surface area contributed by atoms with Gasteiger partial charge in [-0.3, -0.25) is 19.5 Å². The van der Waals surface area contributed by atoms with Gasteiger partial charge in [0.25, 0.3) is 0 Å². The SMILES string of the molecule is Cc1cc(C)n(C(CCl)CN(Cc2cc(F)cc3cccnc23)Cc2cc(F)cc3cccnc23)n1. The molecule has 0 aliphatic heterocycles. The Morgan fingerprint density at radius 2 is 1.42 bits per heavy atom. The number of fused-ring (bicyclic) bond motifs is 2. The van der Waals surface area contributed by atoms with E-state index in [0.717, 1.165) is 44.3 Å². The minimum atomic E-state index is -0.323. The highest BCUT2D eigenvalue weighted by Gasteiger charge is 2.21. The fourth-order valence-electron chi connectivity index (χ4n) is 4.87. The number of pyridine rings is 2. The lowest BCUT2D eigenvalue weighted by molar-refractivity contribution is 0.216. The summed E-state index contributed by atoms with van der Waals surface area (Å²) < 4.78 is 31.0. The molecule has 1 atom stereocenters. The van der Waals surface area contributed by atoms with E-state index in [0.29, 0.717) is 25.5 Å². The Morgan fingerprint density at radius 3 is 1.89 bits per heavy atom. The predicted molar refractivity (Wildman–Crippen MR) is 139 cm³/mol. The van der Waals surface area contributed by atoms with Crippen molar-refractivity contribution in [1.29, 1.82) is 0 Å². The number of halogens is 3. The molecule has 0 spiro atoms. The van der Waals surface area contributed by atoms with Gasteiger partial charge in [0.1, 0.15) is 11.6 Å². The van der Waals surface area contributed by atoms with Crippen LogP contribution < -0.4 is 0 Å². The van der Waals surface area contributed by atoms with Crippen molar-refractivity contribution in [2.75, 3.05) is 12.4 Å². The zero-order valence-corrected chi connectivity index (χ0v) is 20.9. The maximum atomic E-state index is 14.5. The molecule has 184 valence electrons. The molecule has 0 saturated carbocycles. The van der Waals surface area contributed by atoms with Gasteiger partial charge in [-0.15, -0.1) is 11.6 Å². The third-order valence-electron chi connectivity index (χ3n) is 6.32. The first kappa shape index (κ1) is 24.3. The Bertz CT molecular complexity index is 1450. The van der Waals surface area contributed by atoms with Gasteiger partial charge in [-0.05, 0) is 67.4 Å². The van der Waals surface area contributed by atoms with E-state index >= 15 is 0 Å². The molecule has 2 aromatic carbocycles. The van der Waals surface area contributed by atoms with Gasteiger partial charge < -0.3 is 0 Å². The highest BCUT2D eigenvalue weighted by molar-refractivity contribution is 6.18. The summed E-state index contributed by atoms with van der Waals surface area (Å²) in [7, 11) is 0. The second kappa shape index (κ2) is 10.3. The van der Waals surface area contributed by atoms with Crippen molar-refractivity contribution in [1.82, 2.24) is 24.6 Å². The Balaban J connectivity index is 1.56. The molecule has 3 heterocycles. The van der Waals surface area contributed by atoms with Gasteiger partial charge in [0.2, 0.25) is 0 Å². The van der Waals surface area contributed by atoms with Crippen LogP contribution >= 0.6 is 11.6 Å². The molecule has 0 bridgehead atoms. The van der Waals surface area contributed by atoms with Crippen LogP contribution in [0.3, 0.4) is 0 Å². The molecule has 0 fully saturated rings. The van der Waals surface area contributed by atoms with Crippen molar-refractivity contribution >= 4 is 33.4 Å². The smallest absolute Gasteiger partial charge is 0.124 e. The zero-order chi connectivity index (χ0) is 25.2. The van der Waals surface area contributed by atoms with Crippen LogP contribution in [0.1, 0.15) is 28.6 Å². The van der Waals surface area contributed by atoms with E-state index in [1.807, 2.05) is 36.7 Å². The summed E-state index contributed by atoms with van der Waals surface area (Å²) >= 11 is 6.44. The number of rotatable bonds is 8. The molecule has 3 aromatic heterocycles. The van der Waals surface area contributed by atoms with Crippen LogP contribution in [-0.4, -0.2) is 37.1 Å². The summed E-state index contributed by atoms with van der Waals surface area (Å²) in [5.41, 5.74) is 4.89. The van der Waals surface area contributed by atoms with E-state index in [-0.39, 0.29) is 17.7 Å². The van der Waals surface area contributed by atoms with E-state index < -0.39 is 0 Å². The molecule has 0 aliphatic carbocycles. The average molecular weight is 506 g/mol. The van der Waals surface area contributed by atoms with Gasteiger partial charge in [-0.2, -0.15) is 5.10 Å². The molecule has 5 rings (SSSR count). The van der Waals surface area contributed by atoms with Crippen LogP contribution in [0.2, 0.25) is 0 Å². The third kappa shape index (κ3) is 5.08. The molecule has 1 unspecified atom stereocenters. The summed E-state index contributed by atoms with van der Waals surface area (Å²) in [6.07, 6.45) is 3.41. The minimum Gasteiger partial charge on any atom is -0.292 e. The van der Waals surface area contributed by atoms with Crippen molar-refractivity contribution < 1.29 is 8.78 Å². The third-order valence-corrected chi connectivity index (χ3v) is 6.68. The quantitative estimate of drug-likeness (QED) is 0.230. The van der Waals surface area contributed by atoms with Gasteiger partial charge in [0, 0.05) is 54.4 Å². The Labute approximate surface area is 213 Å². The largest absolute Gasteiger partial charge is 0.292 e. The van der Waals surface area contributed by atoms with Crippen LogP contribution in [0.15, 0.2) is 67.0 Å². The zero-order valence-electron chi connectivity index (χ0n) is 20.1. The van der Waals surface area contributed by atoms with Crippen molar-refractivity contribution in [2.45, 2.75) is 33.0 Å². The lowest BCUT2D eigenvalue weighted by atomic mass is 10.1. The Hall–Kier alpha value is -3.42. The highest BCUT2D eigenvalue weighted by Crippen LogP contribution is 2.26. The maximum Gasteiger partial charge on any atom is 0.124 e. The molecule has 36 heavy (non-hydrogen) atoms. The summed E-state index contributed by atoms with van der Waals surface area (Å²) in [6.45, 7) is 5.24. The molecular weight excluding hydrogens is 480 g/mol. The van der Waals surface area contributed by atoms with E-state index in [1.54, 1.807) is 24.5 Å². The average Bonchev–Trinajstić information content (AvgIpc) is 3.19. The van der Waals surface area contributed by atoms with Gasteiger partial charge >= 0.3 is 0 Å². The summed E-state index contributed by atoms with van der Waals surface area (Å²) in [5.74, 6) is -0.311. The standard InChI is InChI=1S/C28H26ClF2N5/c1-18-9-19(2)36(34-18)26(14-29)17-35(15-22-12-24(30)10-20-5-3-7-32-27(20)22)16-23-13-25(31)11-21-6-4-8-33-28(21)23/h3-13,26H,14-17H2,1-2H3. The molecule has 0 aliphatic rings. The van der Waals surface area contributed by atoms with Crippen molar-refractivity contribution in [3.8, 4) is 0 Å². The molecule has 0 radical (unpaired) electrons. The molecule has 0 amide bonds. The predicted octanol–water partition coefficient (Wildman–Crippen LogP) is 6.36. The summed E-state index contributed by atoms with van der Waals surface area (Å²) in [6, 6.07) is 15.2. The molecule has 5 aromatic rings. The first-order chi connectivity index (χ1) is 17.4. The van der Waals surface area contributed by atoms with E-state index in [1.165, 1.54) is 24.3 Å². The van der Waals surface area contributed by atoms with Gasteiger partial charge in [-0.25, -0.2) is 8.78 Å². The van der Waals surface area contributed by atoms with Crippen molar-refractivity contribution in [2.24, 2.45) is 0 Å². The monoisotopic (exact) mass is 505 g/mol. The number of nitrogens with zero attached hydrogens (tertiary/aromatic N) is 5. The van der Waals surface area contributed by atoms with Crippen LogP contribution in [0.4, 0.5) is 8.78 Å². The molecule has 0 N–H and O–H groups in total. The normalized spacial score (nSPS) is 12.6. The van der Waals surface area contributed by atoms with Crippen LogP contribution in [-0.2, 0) is 13.1 Å². The Morgan fingerprint density at radius 1 is 0.861 bits per heavy atom. The number of aryl methyl sites for hydroxylation is 2. The fourth-order valence-corrected chi connectivity index (χ4v) is 5.10. The van der Waals surface area contributed by atoms with Crippen molar-refractivity contribution in [3.05, 3.63) is 101 Å². The van der Waals surface area contributed by atoms with Crippen LogP contribution in [0, 0.1) is 25.5 Å². The number of aromatic nitrogens is 4. The van der Waals surface area contributed by atoms with E-state index in [9.17, 15) is 8.78 Å². The molecule has 5 nitrogen and oxygen atoms in total. The van der Waals surface area contributed by atoms with Crippen LogP contribution in [0.5, 0.6) is 0 Å². The lowest BCUT2D eigenvalue weighted by Crippen LogP contribution is -2.32. The fraction of sp³-hybridized carbons (Fsp3) is 0.250. The number of alkyl halides is 1. The maximum absolute atomic E-state index is 14.5. The van der Waals surface area contributed by atoms with Gasteiger partial charge in [-0.1, -0.05) is 12.1 Å². The number of benzene rings is 2. The number of hydrogen-bond donors (Lipinski definition) is 0. The van der Waals surface area contributed by atoms with E-state index in [4.69, 9.17) is 11.6 Å². The first-order valence-corrected chi connectivity index (χ1v) is 12.3. The van der Waals surface area contributed by atoms with Gasteiger partial charge in [0.15, 0.2) is 0 Å². The van der Waals surface area contributed by atoms with Gasteiger partial charge in [0.05, 0.1) is 22.8 Å². The summed E-state index contributed by atoms with van der Waals surface area (Å²) in [5, 5.41) is 6.11. The minimum absolute atomic E-state index is 0.138. The topological polar surface area (TPSA) is 46.8 Å². The van der Waals surface area contributed by atoms with Crippen molar-refractivity contribution in [3.63, 3.8) is 0 Å². The summed E-state index contributed by atoms with van der Waals surface area (Å²) in [4.78, 5) is 11.2. The second-order valence-electron chi connectivity index (χ2n) is 9.13. The Kier molecular flexibility index (Phi) is 6.94. The number of hydrogen-bond acceptors (Lipinski definition) is 4. The molecule has 8 heteroatoms. The lowest BCUT2D eigenvalue weighted by Gasteiger charge is -2.28. The van der Waals surface area contributed by atoms with Crippen LogP contribution in [0.25, 0.3) is 21.8 Å².